The number of benzene rings is 1. The van der Waals surface area contributed by atoms with E-state index in [4.69, 9.17) is 4.42 Å². The summed E-state index contributed by atoms with van der Waals surface area (Å²) in [6, 6.07) is 12.3. The van der Waals surface area contributed by atoms with Gasteiger partial charge in [0.25, 0.3) is 0 Å². The summed E-state index contributed by atoms with van der Waals surface area (Å²) >= 11 is 1.67. The van der Waals surface area contributed by atoms with Gasteiger partial charge in [0, 0.05) is 12.1 Å². The standard InChI is InChI=1S/C19H20N4OS/c1-13-4-6-14(7-5-13)18-22-16(10-20)19(24-18)21-11-17(23(2)3)15-8-9-25-12-15/h4-9,12,17,21H,11H2,1-3H3/t17-/m1/s1. The third-order valence-corrected chi connectivity index (χ3v) is 4.74. The molecular formula is C19H20N4OS. The van der Waals surface area contributed by atoms with Crippen LogP contribution in [0.2, 0.25) is 0 Å². The fourth-order valence-electron chi connectivity index (χ4n) is 2.59. The van der Waals surface area contributed by atoms with E-state index in [0.717, 1.165) is 5.56 Å². The van der Waals surface area contributed by atoms with E-state index in [2.05, 4.69) is 38.1 Å². The summed E-state index contributed by atoms with van der Waals surface area (Å²) in [5.41, 5.74) is 3.54. The summed E-state index contributed by atoms with van der Waals surface area (Å²) in [5, 5.41) is 16.8. The van der Waals surface area contributed by atoms with Crippen molar-refractivity contribution in [2.45, 2.75) is 13.0 Å². The summed E-state index contributed by atoms with van der Waals surface area (Å²) in [7, 11) is 4.07. The second-order valence-electron chi connectivity index (χ2n) is 6.09. The molecule has 128 valence electrons. The summed E-state index contributed by atoms with van der Waals surface area (Å²) in [5.74, 6) is 0.871. The van der Waals surface area contributed by atoms with Crippen LogP contribution >= 0.6 is 11.3 Å². The highest BCUT2D eigenvalue weighted by molar-refractivity contribution is 7.07. The molecule has 2 aromatic heterocycles. The van der Waals surface area contributed by atoms with Crippen molar-refractivity contribution in [1.29, 1.82) is 5.26 Å². The minimum Gasteiger partial charge on any atom is -0.419 e. The smallest absolute Gasteiger partial charge is 0.232 e. The van der Waals surface area contributed by atoms with Crippen molar-refractivity contribution in [2.75, 3.05) is 26.0 Å². The Balaban J connectivity index is 1.80. The molecule has 0 bridgehead atoms. The van der Waals surface area contributed by atoms with E-state index < -0.39 is 0 Å². The fourth-order valence-corrected chi connectivity index (χ4v) is 3.29. The van der Waals surface area contributed by atoms with E-state index in [0.29, 0.717) is 18.3 Å². The Bertz CT molecular complexity index is 860. The Kier molecular flexibility index (Phi) is 5.17. The van der Waals surface area contributed by atoms with Gasteiger partial charge in [-0.2, -0.15) is 21.6 Å². The number of rotatable bonds is 6. The molecular weight excluding hydrogens is 332 g/mol. The van der Waals surface area contributed by atoms with Crippen molar-refractivity contribution in [3.8, 4) is 17.5 Å². The van der Waals surface area contributed by atoms with E-state index >= 15 is 0 Å². The summed E-state index contributed by atoms with van der Waals surface area (Å²) < 4.78 is 5.82. The van der Waals surface area contributed by atoms with Gasteiger partial charge < -0.3 is 14.6 Å². The first kappa shape index (κ1) is 17.2. The van der Waals surface area contributed by atoms with Crippen molar-refractivity contribution < 1.29 is 4.42 Å². The van der Waals surface area contributed by atoms with Gasteiger partial charge in [-0.3, -0.25) is 0 Å². The Hall–Kier alpha value is -2.62. The van der Waals surface area contributed by atoms with Crippen molar-refractivity contribution >= 4 is 17.2 Å². The van der Waals surface area contributed by atoms with E-state index in [1.807, 2.05) is 45.3 Å². The molecule has 5 nitrogen and oxygen atoms in total. The second-order valence-corrected chi connectivity index (χ2v) is 6.87. The Morgan fingerprint density at radius 1 is 1.28 bits per heavy atom. The highest BCUT2D eigenvalue weighted by Crippen LogP contribution is 2.27. The first-order chi connectivity index (χ1) is 12.1. The van der Waals surface area contributed by atoms with Gasteiger partial charge in [0.05, 0.1) is 6.04 Å². The monoisotopic (exact) mass is 352 g/mol. The fraction of sp³-hybridized carbons (Fsp3) is 0.263. The summed E-state index contributed by atoms with van der Waals surface area (Å²) in [6.45, 7) is 2.65. The molecule has 0 fully saturated rings. The molecule has 1 N–H and O–H groups in total. The average molecular weight is 352 g/mol. The lowest BCUT2D eigenvalue weighted by molar-refractivity contribution is 0.311. The molecule has 2 heterocycles. The number of hydrogen-bond donors (Lipinski definition) is 1. The van der Waals surface area contributed by atoms with Crippen LogP contribution in [-0.2, 0) is 0 Å². The minimum absolute atomic E-state index is 0.186. The van der Waals surface area contributed by atoms with Crippen LogP contribution in [-0.4, -0.2) is 30.5 Å². The molecule has 0 radical (unpaired) electrons. The highest BCUT2D eigenvalue weighted by atomic mass is 32.1. The van der Waals surface area contributed by atoms with E-state index in [1.165, 1.54) is 11.1 Å². The highest BCUT2D eigenvalue weighted by Gasteiger charge is 2.18. The number of hydrogen-bond acceptors (Lipinski definition) is 6. The van der Waals surface area contributed by atoms with Crippen LogP contribution in [0.5, 0.6) is 0 Å². The molecule has 0 saturated carbocycles. The van der Waals surface area contributed by atoms with Crippen LogP contribution in [0.4, 0.5) is 5.88 Å². The number of aryl methyl sites for hydroxylation is 1. The van der Waals surface area contributed by atoms with Crippen LogP contribution in [0, 0.1) is 18.3 Å². The molecule has 25 heavy (non-hydrogen) atoms. The van der Waals surface area contributed by atoms with Crippen molar-refractivity contribution in [2.24, 2.45) is 0 Å². The Morgan fingerprint density at radius 2 is 2.04 bits per heavy atom. The van der Waals surface area contributed by atoms with Gasteiger partial charge in [-0.25, -0.2) is 0 Å². The van der Waals surface area contributed by atoms with E-state index in [9.17, 15) is 5.26 Å². The van der Waals surface area contributed by atoms with Crippen LogP contribution < -0.4 is 5.32 Å². The lowest BCUT2D eigenvalue weighted by Crippen LogP contribution is -2.26. The number of nitrogens with one attached hydrogen (secondary N) is 1. The molecule has 0 aliphatic heterocycles. The summed E-state index contributed by atoms with van der Waals surface area (Å²) in [6.07, 6.45) is 0. The van der Waals surface area contributed by atoms with Crippen molar-refractivity contribution in [3.63, 3.8) is 0 Å². The van der Waals surface area contributed by atoms with Crippen molar-refractivity contribution in [1.82, 2.24) is 9.88 Å². The van der Waals surface area contributed by atoms with Gasteiger partial charge in [0.15, 0.2) is 0 Å². The first-order valence-electron chi connectivity index (χ1n) is 7.99. The number of anilines is 1. The maximum Gasteiger partial charge on any atom is 0.232 e. The molecule has 0 unspecified atom stereocenters. The van der Waals surface area contributed by atoms with Crippen LogP contribution in [0.3, 0.4) is 0 Å². The zero-order valence-corrected chi connectivity index (χ0v) is 15.3. The molecule has 1 atom stereocenters. The third kappa shape index (κ3) is 3.90. The Morgan fingerprint density at radius 3 is 2.64 bits per heavy atom. The Labute approximate surface area is 151 Å². The SMILES string of the molecule is Cc1ccc(-c2nc(C#N)c(NC[C@H](c3ccsc3)N(C)C)o2)cc1. The number of nitrogens with zero attached hydrogens (tertiary/aromatic N) is 3. The molecule has 0 amide bonds. The predicted octanol–water partition coefficient (Wildman–Crippen LogP) is 4.30. The maximum absolute atomic E-state index is 9.36. The number of oxazole rings is 1. The second kappa shape index (κ2) is 7.51. The number of thiophene rings is 1. The topological polar surface area (TPSA) is 65.1 Å². The average Bonchev–Trinajstić information content (AvgIpc) is 3.25. The quantitative estimate of drug-likeness (QED) is 0.716. The molecule has 6 heteroatoms. The number of nitriles is 1. The minimum atomic E-state index is 0.186. The molecule has 0 aliphatic carbocycles. The molecule has 0 aliphatic rings. The molecule has 3 aromatic rings. The number of aromatic nitrogens is 1. The van der Waals surface area contributed by atoms with Gasteiger partial charge in [-0.1, -0.05) is 17.7 Å². The molecule has 1 aromatic carbocycles. The zero-order chi connectivity index (χ0) is 17.8. The van der Waals surface area contributed by atoms with Gasteiger partial charge in [0.2, 0.25) is 17.5 Å². The zero-order valence-electron chi connectivity index (χ0n) is 14.5. The number of likely N-dealkylation sites (N-methyl/N-ethyl adjacent to an activating group) is 1. The van der Waals surface area contributed by atoms with Crippen LogP contribution in [0.1, 0.15) is 22.9 Å². The van der Waals surface area contributed by atoms with Gasteiger partial charge >= 0.3 is 0 Å². The van der Waals surface area contributed by atoms with Crippen LogP contribution in [0.15, 0.2) is 45.5 Å². The van der Waals surface area contributed by atoms with Crippen molar-refractivity contribution in [3.05, 3.63) is 57.9 Å². The van der Waals surface area contributed by atoms with Gasteiger partial charge in [-0.05, 0) is 55.5 Å². The maximum atomic E-state index is 9.36. The van der Waals surface area contributed by atoms with Crippen LogP contribution in [0.25, 0.3) is 11.5 Å². The molecule has 0 spiro atoms. The summed E-state index contributed by atoms with van der Waals surface area (Å²) in [4.78, 5) is 6.45. The molecule has 0 saturated heterocycles. The van der Waals surface area contributed by atoms with E-state index in [-0.39, 0.29) is 11.7 Å². The van der Waals surface area contributed by atoms with E-state index in [1.54, 1.807) is 11.3 Å². The predicted molar refractivity (Wildman–Crippen MR) is 101 cm³/mol. The first-order valence-corrected chi connectivity index (χ1v) is 8.93. The normalized spacial score (nSPS) is 12.1. The molecule has 3 rings (SSSR count). The lowest BCUT2D eigenvalue weighted by Gasteiger charge is -2.23. The third-order valence-electron chi connectivity index (χ3n) is 4.04. The van der Waals surface area contributed by atoms with Gasteiger partial charge in [-0.15, -0.1) is 0 Å². The lowest BCUT2D eigenvalue weighted by atomic mass is 10.1. The largest absolute Gasteiger partial charge is 0.419 e. The van der Waals surface area contributed by atoms with Gasteiger partial charge in [0.1, 0.15) is 6.07 Å².